The van der Waals surface area contributed by atoms with Crippen molar-refractivity contribution in [1.82, 2.24) is 20.5 Å². The van der Waals surface area contributed by atoms with E-state index in [0.29, 0.717) is 33.8 Å². The van der Waals surface area contributed by atoms with Crippen LogP contribution < -0.4 is 10.1 Å². The highest BCUT2D eigenvalue weighted by atomic mass is 32.1. The van der Waals surface area contributed by atoms with E-state index in [0.717, 1.165) is 11.4 Å². The minimum atomic E-state index is -0.236. The average Bonchev–Trinajstić information content (AvgIpc) is 3.21. The molecule has 0 saturated heterocycles. The third-order valence-electron chi connectivity index (χ3n) is 3.51. The number of carbonyl (C=O) groups is 1. The SMILES string of the molecule is Cc1nonc1COc1ccc(C(=O)Nc2nnc(CC(C)C)s2)cc1. The maximum absolute atomic E-state index is 12.3. The van der Waals surface area contributed by atoms with E-state index < -0.39 is 0 Å². The lowest BCUT2D eigenvalue weighted by Gasteiger charge is -2.05. The first kappa shape index (κ1) is 18.0. The molecule has 0 aliphatic carbocycles. The molecule has 0 radical (unpaired) electrons. The Morgan fingerprint density at radius 2 is 2.00 bits per heavy atom. The monoisotopic (exact) mass is 373 g/mol. The predicted octanol–water partition coefficient (Wildman–Crippen LogP) is 3.26. The third kappa shape index (κ3) is 4.63. The Hall–Kier alpha value is -2.81. The Bertz CT molecular complexity index is 873. The Labute approximate surface area is 154 Å². The molecule has 0 saturated carbocycles. The van der Waals surface area contributed by atoms with Gasteiger partial charge >= 0.3 is 0 Å². The topological polar surface area (TPSA) is 103 Å². The van der Waals surface area contributed by atoms with Crippen LogP contribution in [0.25, 0.3) is 0 Å². The smallest absolute Gasteiger partial charge is 0.257 e. The second-order valence-electron chi connectivity index (χ2n) is 6.16. The summed E-state index contributed by atoms with van der Waals surface area (Å²) in [6, 6.07) is 6.83. The fourth-order valence-electron chi connectivity index (χ4n) is 2.14. The fourth-order valence-corrected chi connectivity index (χ4v) is 3.09. The molecule has 136 valence electrons. The van der Waals surface area contributed by atoms with Gasteiger partial charge in [-0.1, -0.05) is 35.5 Å². The minimum absolute atomic E-state index is 0.236. The zero-order valence-corrected chi connectivity index (χ0v) is 15.5. The highest BCUT2D eigenvalue weighted by molar-refractivity contribution is 7.15. The van der Waals surface area contributed by atoms with E-state index in [2.05, 4.69) is 44.3 Å². The van der Waals surface area contributed by atoms with Crippen LogP contribution in [0, 0.1) is 12.8 Å². The third-order valence-corrected chi connectivity index (χ3v) is 4.37. The second kappa shape index (κ2) is 8.05. The van der Waals surface area contributed by atoms with Crippen LogP contribution in [-0.4, -0.2) is 26.4 Å². The summed E-state index contributed by atoms with van der Waals surface area (Å²) in [7, 11) is 0. The van der Waals surface area contributed by atoms with Crippen LogP contribution in [0.15, 0.2) is 28.9 Å². The second-order valence-corrected chi connectivity index (χ2v) is 7.22. The van der Waals surface area contributed by atoms with Crippen molar-refractivity contribution >= 4 is 22.4 Å². The molecule has 0 aliphatic heterocycles. The lowest BCUT2D eigenvalue weighted by Crippen LogP contribution is -2.11. The maximum atomic E-state index is 12.3. The molecule has 1 amide bonds. The highest BCUT2D eigenvalue weighted by Gasteiger charge is 2.12. The van der Waals surface area contributed by atoms with Crippen LogP contribution in [0.1, 0.15) is 40.6 Å². The van der Waals surface area contributed by atoms with Crippen molar-refractivity contribution in [2.24, 2.45) is 5.92 Å². The van der Waals surface area contributed by atoms with Gasteiger partial charge in [0.2, 0.25) is 5.13 Å². The Balaban J connectivity index is 1.56. The predicted molar refractivity (Wildman–Crippen MR) is 96.2 cm³/mol. The van der Waals surface area contributed by atoms with E-state index in [-0.39, 0.29) is 12.5 Å². The average molecular weight is 373 g/mol. The van der Waals surface area contributed by atoms with E-state index in [9.17, 15) is 4.79 Å². The number of hydrogen-bond donors (Lipinski definition) is 1. The molecule has 0 spiro atoms. The van der Waals surface area contributed by atoms with Gasteiger partial charge in [-0.25, -0.2) is 4.63 Å². The zero-order chi connectivity index (χ0) is 18.5. The maximum Gasteiger partial charge on any atom is 0.257 e. The number of nitrogens with one attached hydrogen (secondary N) is 1. The van der Waals surface area contributed by atoms with Crippen LogP contribution in [0.5, 0.6) is 5.75 Å². The lowest BCUT2D eigenvalue weighted by molar-refractivity contribution is 0.102. The van der Waals surface area contributed by atoms with Crippen LogP contribution in [0.2, 0.25) is 0 Å². The first-order chi connectivity index (χ1) is 12.5. The first-order valence-corrected chi connectivity index (χ1v) is 8.97. The molecule has 1 aromatic carbocycles. The molecule has 26 heavy (non-hydrogen) atoms. The molecule has 8 nitrogen and oxygen atoms in total. The normalized spacial score (nSPS) is 10.9. The Morgan fingerprint density at radius 3 is 2.65 bits per heavy atom. The summed E-state index contributed by atoms with van der Waals surface area (Å²) >= 11 is 1.39. The summed E-state index contributed by atoms with van der Waals surface area (Å²) in [5.74, 6) is 0.885. The summed E-state index contributed by atoms with van der Waals surface area (Å²) in [6.07, 6.45) is 0.847. The molecule has 0 fully saturated rings. The lowest BCUT2D eigenvalue weighted by atomic mass is 10.1. The van der Waals surface area contributed by atoms with Gasteiger partial charge in [0.25, 0.3) is 5.91 Å². The molecule has 1 N–H and O–H groups in total. The van der Waals surface area contributed by atoms with E-state index in [1.807, 2.05) is 0 Å². The number of nitrogens with zero attached hydrogens (tertiary/aromatic N) is 4. The van der Waals surface area contributed by atoms with Crippen LogP contribution in [-0.2, 0) is 13.0 Å². The molecule has 3 aromatic rings. The van der Waals surface area contributed by atoms with Gasteiger partial charge in [0.1, 0.15) is 28.8 Å². The van der Waals surface area contributed by atoms with Crippen LogP contribution >= 0.6 is 11.3 Å². The van der Waals surface area contributed by atoms with Crippen molar-refractivity contribution in [3.8, 4) is 5.75 Å². The van der Waals surface area contributed by atoms with Gasteiger partial charge in [0.05, 0.1) is 0 Å². The molecule has 9 heteroatoms. The minimum Gasteiger partial charge on any atom is -0.487 e. The van der Waals surface area contributed by atoms with Gasteiger partial charge < -0.3 is 4.74 Å². The van der Waals surface area contributed by atoms with Crippen molar-refractivity contribution < 1.29 is 14.2 Å². The van der Waals surface area contributed by atoms with E-state index >= 15 is 0 Å². The summed E-state index contributed by atoms with van der Waals surface area (Å²) in [6.45, 7) is 6.28. The number of ether oxygens (including phenoxy) is 1. The van der Waals surface area contributed by atoms with Gasteiger partial charge in [-0.05, 0) is 37.1 Å². The number of carbonyl (C=O) groups excluding carboxylic acids is 1. The van der Waals surface area contributed by atoms with Crippen molar-refractivity contribution in [3.63, 3.8) is 0 Å². The van der Waals surface area contributed by atoms with Crippen LogP contribution in [0.4, 0.5) is 5.13 Å². The molecule has 3 rings (SSSR count). The molecular weight excluding hydrogens is 354 g/mol. The number of benzene rings is 1. The summed E-state index contributed by atoms with van der Waals surface area (Å²) in [5, 5.41) is 19.7. The largest absolute Gasteiger partial charge is 0.487 e. The van der Waals surface area contributed by atoms with Gasteiger partial charge in [-0.3, -0.25) is 10.1 Å². The van der Waals surface area contributed by atoms with Gasteiger partial charge in [-0.15, -0.1) is 10.2 Å². The molecule has 2 heterocycles. The summed E-state index contributed by atoms with van der Waals surface area (Å²) < 4.78 is 10.2. The van der Waals surface area contributed by atoms with E-state index in [4.69, 9.17) is 4.74 Å². The van der Waals surface area contributed by atoms with Gasteiger partial charge in [0.15, 0.2) is 0 Å². The fraction of sp³-hybridized carbons (Fsp3) is 0.353. The Kier molecular flexibility index (Phi) is 5.57. The Morgan fingerprint density at radius 1 is 1.23 bits per heavy atom. The van der Waals surface area contributed by atoms with Gasteiger partial charge in [0, 0.05) is 12.0 Å². The number of anilines is 1. The summed E-state index contributed by atoms with van der Waals surface area (Å²) in [4.78, 5) is 12.3. The van der Waals surface area contributed by atoms with E-state index in [1.165, 1.54) is 11.3 Å². The number of aryl methyl sites for hydroxylation is 1. The number of amides is 1. The van der Waals surface area contributed by atoms with Crippen molar-refractivity contribution in [3.05, 3.63) is 46.2 Å². The number of aromatic nitrogens is 4. The number of hydrogen-bond acceptors (Lipinski definition) is 8. The standard InChI is InChI=1S/C17H19N5O3S/c1-10(2)8-15-19-20-17(26-15)18-16(23)12-4-6-13(7-5-12)24-9-14-11(3)21-25-22-14/h4-7,10H,8-9H2,1-3H3,(H,18,20,23). The first-order valence-electron chi connectivity index (χ1n) is 8.16. The highest BCUT2D eigenvalue weighted by Crippen LogP contribution is 2.20. The zero-order valence-electron chi connectivity index (χ0n) is 14.7. The van der Waals surface area contributed by atoms with Crippen LogP contribution in [0.3, 0.4) is 0 Å². The van der Waals surface area contributed by atoms with E-state index in [1.54, 1.807) is 31.2 Å². The molecule has 0 unspecified atom stereocenters. The summed E-state index contributed by atoms with van der Waals surface area (Å²) in [5.41, 5.74) is 1.84. The van der Waals surface area contributed by atoms with Gasteiger partial charge in [-0.2, -0.15) is 0 Å². The van der Waals surface area contributed by atoms with Crippen molar-refractivity contribution in [2.45, 2.75) is 33.8 Å². The molecule has 0 bridgehead atoms. The number of rotatable bonds is 7. The van der Waals surface area contributed by atoms with Crippen molar-refractivity contribution in [1.29, 1.82) is 0 Å². The molecular formula is C17H19N5O3S. The molecule has 0 atom stereocenters. The molecule has 0 aliphatic rings. The quantitative estimate of drug-likeness (QED) is 0.678. The molecule has 2 aromatic heterocycles. The van der Waals surface area contributed by atoms with Crippen molar-refractivity contribution in [2.75, 3.05) is 5.32 Å².